The van der Waals surface area contributed by atoms with Crippen LogP contribution in [0, 0.1) is 0 Å². The molecule has 1 aromatic rings. The van der Waals surface area contributed by atoms with Gasteiger partial charge in [-0.2, -0.15) is 13.2 Å². The molecule has 3 nitrogen and oxygen atoms in total. The van der Waals surface area contributed by atoms with Gasteiger partial charge in [-0.05, 0) is 40.5 Å². The molecule has 0 saturated heterocycles. The van der Waals surface area contributed by atoms with Crippen LogP contribution in [-0.2, 0) is 9.53 Å². The van der Waals surface area contributed by atoms with Crippen molar-refractivity contribution in [3.63, 3.8) is 0 Å². The van der Waals surface area contributed by atoms with Gasteiger partial charge in [0.05, 0.1) is 23.8 Å². The first-order valence-electron chi connectivity index (χ1n) is 5.59. The van der Waals surface area contributed by atoms with Gasteiger partial charge in [0, 0.05) is 6.08 Å². The molecule has 0 unspecified atom stereocenters. The Balaban J connectivity index is 3.25. The van der Waals surface area contributed by atoms with Crippen molar-refractivity contribution >= 4 is 27.5 Å². The molecule has 0 bridgehead atoms. The van der Waals surface area contributed by atoms with Gasteiger partial charge in [-0.25, -0.2) is 4.79 Å². The van der Waals surface area contributed by atoms with Gasteiger partial charge in [-0.15, -0.1) is 0 Å². The molecule has 0 aliphatic rings. The van der Waals surface area contributed by atoms with Crippen molar-refractivity contribution in [2.45, 2.75) is 13.1 Å². The number of esters is 1. The van der Waals surface area contributed by atoms with E-state index in [0.29, 0.717) is 16.3 Å². The summed E-state index contributed by atoms with van der Waals surface area (Å²) in [4.78, 5) is 11.2. The number of alkyl halides is 3. The van der Waals surface area contributed by atoms with Gasteiger partial charge in [0.2, 0.25) is 0 Å². The van der Waals surface area contributed by atoms with E-state index in [4.69, 9.17) is 4.74 Å². The molecule has 20 heavy (non-hydrogen) atoms. The molecule has 0 N–H and O–H groups in total. The van der Waals surface area contributed by atoms with Gasteiger partial charge in [0.25, 0.3) is 0 Å². The predicted molar refractivity (Wildman–Crippen MR) is 71.4 cm³/mol. The first-order valence-corrected chi connectivity index (χ1v) is 6.38. The maximum atomic E-state index is 13.0. The Labute approximate surface area is 122 Å². The van der Waals surface area contributed by atoms with E-state index >= 15 is 0 Å². The van der Waals surface area contributed by atoms with Crippen LogP contribution in [0.15, 0.2) is 28.7 Å². The van der Waals surface area contributed by atoms with Gasteiger partial charge >= 0.3 is 12.1 Å². The Kier molecular flexibility index (Phi) is 5.62. The zero-order chi connectivity index (χ0) is 15.3. The van der Waals surface area contributed by atoms with Crippen LogP contribution < -0.4 is 4.74 Å². The van der Waals surface area contributed by atoms with Gasteiger partial charge < -0.3 is 9.47 Å². The highest BCUT2D eigenvalue weighted by Crippen LogP contribution is 2.37. The molecule has 0 aliphatic carbocycles. The van der Waals surface area contributed by atoms with Gasteiger partial charge in [0.15, 0.2) is 0 Å². The smallest absolute Gasteiger partial charge is 0.417 e. The lowest BCUT2D eigenvalue weighted by Gasteiger charge is -2.13. The van der Waals surface area contributed by atoms with Crippen molar-refractivity contribution in [2.75, 3.05) is 13.7 Å². The number of allylic oxidation sites excluding steroid dienone is 1. The number of carbonyl (C=O) groups excluding carboxylic acids is 1. The molecular formula is C13H12BrF3O3. The lowest BCUT2D eigenvalue weighted by Crippen LogP contribution is -2.13. The van der Waals surface area contributed by atoms with Crippen LogP contribution in [0.25, 0.3) is 5.57 Å². The molecule has 0 fully saturated rings. The van der Waals surface area contributed by atoms with Crippen LogP contribution in [0.1, 0.15) is 12.5 Å². The third kappa shape index (κ3) is 4.26. The predicted octanol–water partition coefficient (Wildman–Crippen LogP) is 3.97. The van der Waals surface area contributed by atoms with Crippen molar-refractivity contribution < 1.29 is 27.4 Å². The largest absolute Gasteiger partial charge is 0.496 e. The second-order valence-electron chi connectivity index (χ2n) is 3.66. The average Bonchev–Trinajstić information content (AvgIpc) is 2.35. The van der Waals surface area contributed by atoms with E-state index in [1.54, 1.807) is 0 Å². The van der Waals surface area contributed by atoms with Crippen LogP contribution in [0.3, 0.4) is 0 Å². The molecule has 0 radical (unpaired) electrons. The monoisotopic (exact) mass is 352 g/mol. The summed E-state index contributed by atoms with van der Waals surface area (Å²) < 4.78 is 48.8. The van der Waals surface area contributed by atoms with E-state index in [9.17, 15) is 18.0 Å². The van der Waals surface area contributed by atoms with Gasteiger partial charge in [-0.3, -0.25) is 0 Å². The minimum Gasteiger partial charge on any atom is -0.496 e. The number of ether oxygens (including phenoxy) is 2. The highest BCUT2D eigenvalue weighted by Gasteiger charge is 2.35. The first kappa shape index (κ1) is 16.6. The fourth-order valence-corrected chi connectivity index (χ4v) is 2.01. The maximum Gasteiger partial charge on any atom is 0.417 e. The van der Waals surface area contributed by atoms with E-state index in [-0.39, 0.29) is 12.2 Å². The number of methoxy groups -OCH3 is 1. The van der Waals surface area contributed by atoms with Crippen molar-refractivity contribution in [3.05, 3.63) is 34.3 Å². The molecule has 0 amide bonds. The zero-order valence-corrected chi connectivity index (χ0v) is 12.3. The first-order chi connectivity index (χ1) is 9.29. The van der Waals surface area contributed by atoms with Crippen LogP contribution in [0.5, 0.6) is 5.75 Å². The van der Waals surface area contributed by atoms with Gasteiger partial charge in [0.1, 0.15) is 5.75 Å². The molecular weight excluding hydrogens is 341 g/mol. The highest BCUT2D eigenvalue weighted by atomic mass is 79.9. The van der Waals surface area contributed by atoms with E-state index in [1.165, 1.54) is 32.2 Å². The molecule has 0 spiro atoms. The lowest BCUT2D eigenvalue weighted by molar-refractivity contribution is -0.137. The number of rotatable bonds is 4. The molecule has 1 rings (SSSR count). The topological polar surface area (TPSA) is 35.5 Å². The second kappa shape index (κ2) is 6.78. The van der Waals surface area contributed by atoms with Crippen LogP contribution in [-0.4, -0.2) is 25.9 Å². The third-order valence-corrected chi connectivity index (χ3v) is 2.94. The van der Waals surface area contributed by atoms with Crippen molar-refractivity contribution in [1.29, 1.82) is 0 Å². The van der Waals surface area contributed by atoms with Crippen molar-refractivity contribution in [2.24, 2.45) is 0 Å². The lowest BCUT2D eigenvalue weighted by atomic mass is 10.0. The van der Waals surface area contributed by atoms with E-state index < -0.39 is 17.7 Å². The van der Waals surface area contributed by atoms with Crippen LogP contribution in [0.2, 0.25) is 0 Å². The summed E-state index contributed by atoms with van der Waals surface area (Å²) in [6, 6.07) is 3.84. The second-order valence-corrected chi connectivity index (χ2v) is 4.51. The Morgan fingerprint density at radius 2 is 2.05 bits per heavy atom. The zero-order valence-electron chi connectivity index (χ0n) is 10.8. The SMILES string of the molecule is CCOC(=O)/C=C(/c1ccc(OC)c(Br)c1)C(F)(F)F. The summed E-state index contributed by atoms with van der Waals surface area (Å²) in [5.41, 5.74) is -1.22. The standard InChI is InChI=1S/C13H12BrF3O3/c1-3-20-12(18)7-9(13(15,16)17)8-4-5-11(19-2)10(14)6-8/h4-7H,3H2,1-2H3/b9-7-. The Morgan fingerprint density at radius 3 is 2.50 bits per heavy atom. The van der Waals surface area contributed by atoms with Crippen LogP contribution >= 0.6 is 15.9 Å². The minimum atomic E-state index is -4.67. The van der Waals surface area contributed by atoms with E-state index in [2.05, 4.69) is 20.7 Å². The Hall–Kier alpha value is -1.50. The quantitative estimate of drug-likeness (QED) is 0.607. The highest BCUT2D eigenvalue weighted by molar-refractivity contribution is 9.10. The summed E-state index contributed by atoms with van der Waals surface area (Å²) in [6.07, 6.45) is -4.22. The number of halogens is 4. The third-order valence-electron chi connectivity index (χ3n) is 2.32. The average molecular weight is 353 g/mol. The molecule has 0 saturated carbocycles. The Bertz CT molecular complexity index is 524. The maximum absolute atomic E-state index is 13.0. The summed E-state index contributed by atoms with van der Waals surface area (Å²) >= 11 is 3.10. The molecule has 1 aromatic carbocycles. The number of benzene rings is 1. The van der Waals surface area contributed by atoms with E-state index in [1.807, 2.05) is 0 Å². The Morgan fingerprint density at radius 1 is 1.40 bits per heavy atom. The van der Waals surface area contributed by atoms with E-state index in [0.717, 1.165) is 0 Å². The summed E-state index contributed by atoms with van der Waals surface area (Å²) in [6.45, 7) is 1.52. The minimum absolute atomic E-state index is 0.00672. The summed E-state index contributed by atoms with van der Waals surface area (Å²) in [5, 5.41) is 0. The molecule has 110 valence electrons. The molecule has 0 atom stereocenters. The summed E-state index contributed by atoms with van der Waals surface area (Å²) in [5.74, 6) is -0.641. The van der Waals surface area contributed by atoms with Crippen LogP contribution in [0.4, 0.5) is 13.2 Å². The molecule has 0 heterocycles. The van der Waals surface area contributed by atoms with Gasteiger partial charge in [-0.1, -0.05) is 6.07 Å². The number of hydrogen-bond donors (Lipinski definition) is 0. The van der Waals surface area contributed by atoms with Crippen molar-refractivity contribution in [3.8, 4) is 5.75 Å². The fraction of sp³-hybridized carbons (Fsp3) is 0.308. The number of hydrogen-bond acceptors (Lipinski definition) is 3. The summed E-state index contributed by atoms with van der Waals surface area (Å²) in [7, 11) is 1.40. The molecule has 0 aromatic heterocycles. The number of carbonyl (C=O) groups is 1. The molecule has 7 heteroatoms. The molecule has 0 aliphatic heterocycles. The van der Waals surface area contributed by atoms with Crippen molar-refractivity contribution in [1.82, 2.24) is 0 Å². The fourth-order valence-electron chi connectivity index (χ4n) is 1.46. The normalized spacial score (nSPS) is 12.2.